The van der Waals surface area contributed by atoms with Crippen molar-refractivity contribution in [1.29, 1.82) is 0 Å². The number of nitrogens with zero attached hydrogens (tertiary/aromatic N) is 1. The molecule has 11 nitrogen and oxygen atoms in total. The van der Waals surface area contributed by atoms with Crippen LogP contribution < -0.4 is 20.3 Å². The fraction of sp³-hybridized carbons (Fsp3) is 0.200. The molecule has 3 amide bonds. The third-order valence-corrected chi connectivity index (χ3v) is 11.4. The molecule has 1 unspecified atom stereocenters. The molecule has 14 heteroatoms. The Morgan fingerprint density at radius 3 is 2.15 bits per heavy atom. The van der Waals surface area contributed by atoms with Crippen molar-refractivity contribution in [1.82, 2.24) is 15.6 Å². The van der Waals surface area contributed by atoms with Gasteiger partial charge in [0.05, 0.1) is 12.1 Å². The van der Waals surface area contributed by atoms with E-state index in [0.717, 1.165) is 27.6 Å². The molecule has 0 aliphatic carbocycles. The highest BCUT2D eigenvalue weighted by Gasteiger charge is 2.49. The van der Waals surface area contributed by atoms with Gasteiger partial charge in [0.25, 0.3) is 5.91 Å². The molecule has 0 radical (unpaired) electrons. The number of β-lactam (4-membered cyclic amide) rings is 1. The van der Waals surface area contributed by atoms with E-state index in [9.17, 15) is 38.2 Å². The number of carbonyl (C=O) groups is 4. The summed E-state index contributed by atoms with van der Waals surface area (Å²) in [5.74, 6) is -3.12. The number of aliphatic carboxylic acids is 1. The number of para-hydroxylation sites is 1. The van der Waals surface area contributed by atoms with E-state index in [-0.39, 0.29) is 24.5 Å². The van der Waals surface area contributed by atoms with E-state index in [2.05, 4.69) is 15.6 Å². The van der Waals surface area contributed by atoms with Gasteiger partial charge in [-0.05, 0) is 76.9 Å². The Balaban J connectivity index is 1.03. The van der Waals surface area contributed by atoms with Crippen LogP contribution in [0.1, 0.15) is 34.4 Å². The molecule has 6 aromatic rings. The van der Waals surface area contributed by atoms with Gasteiger partial charge in [0.2, 0.25) is 11.8 Å². The average molecular weight is 819 g/mol. The van der Waals surface area contributed by atoms with E-state index in [1.54, 1.807) is 59.6 Å². The van der Waals surface area contributed by atoms with Crippen LogP contribution in [0, 0.1) is 11.6 Å². The number of benzene rings is 5. The van der Waals surface area contributed by atoms with Gasteiger partial charge in [-0.2, -0.15) is 0 Å². The second-order valence-corrected chi connectivity index (χ2v) is 15.3. The average Bonchev–Trinajstić information content (AvgIpc) is 3.65. The quantitative estimate of drug-likeness (QED) is 0.0672. The smallest absolute Gasteiger partial charge is 0.326 e. The molecule has 1 aromatic heterocycles. The molecule has 7 rings (SSSR count). The largest absolute Gasteiger partial charge is 0.484 e. The van der Waals surface area contributed by atoms with Crippen molar-refractivity contribution in [2.45, 2.75) is 42.3 Å². The number of anilines is 1. The number of rotatable bonds is 17. The van der Waals surface area contributed by atoms with Crippen molar-refractivity contribution < 1.29 is 42.9 Å². The number of carbonyl (C=O) groups excluding carboxylic acids is 3. The topological polar surface area (TPSA) is 161 Å². The Morgan fingerprint density at radius 1 is 0.797 bits per heavy atom. The molecule has 59 heavy (non-hydrogen) atoms. The summed E-state index contributed by atoms with van der Waals surface area (Å²) in [4.78, 5) is 57.5. The van der Waals surface area contributed by atoms with Crippen molar-refractivity contribution in [3.05, 3.63) is 167 Å². The highest BCUT2D eigenvalue weighted by Crippen LogP contribution is 2.46. The predicted molar refractivity (Wildman–Crippen MR) is 220 cm³/mol. The number of nitrogens with one attached hydrogen (secondary N) is 3. The van der Waals surface area contributed by atoms with Gasteiger partial charge in [0.15, 0.2) is 6.61 Å². The Hall–Kier alpha value is -6.51. The summed E-state index contributed by atoms with van der Waals surface area (Å²) >= 11 is 1.26. The zero-order valence-electron chi connectivity index (χ0n) is 31.5. The molecule has 0 saturated carbocycles. The van der Waals surface area contributed by atoms with Crippen LogP contribution in [-0.4, -0.2) is 68.6 Å². The van der Waals surface area contributed by atoms with Crippen LogP contribution in [0.25, 0.3) is 10.9 Å². The maximum absolute atomic E-state index is 13.8. The molecule has 1 aliphatic rings. The van der Waals surface area contributed by atoms with Crippen LogP contribution in [0.4, 0.5) is 14.5 Å². The SMILES string of the molecule is O=C(COc1ccc([C@@H]2[C@@H](SCC(O)c3ccc(F)cc3)C(=O)N2c2ccc(F)cc2)cc1)N[C@@H](Cc1c[nH]c2ccccc12)C(=O)N[C@H](Cc1ccccc1)C(=O)O. The lowest BCUT2D eigenvalue weighted by Crippen LogP contribution is -2.57. The molecule has 0 spiro atoms. The lowest BCUT2D eigenvalue weighted by atomic mass is 9.92. The van der Waals surface area contributed by atoms with Crippen LogP contribution in [0.5, 0.6) is 5.75 Å². The first kappa shape index (κ1) is 40.7. The van der Waals surface area contributed by atoms with Crippen LogP contribution in [-0.2, 0) is 32.0 Å². The molecule has 1 saturated heterocycles. The van der Waals surface area contributed by atoms with Gasteiger partial charge in [0.1, 0.15) is 34.7 Å². The van der Waals surface area contributed by atoms with Gasteiger partial charge >= 0.3 is 5.97 Å². The summed E-state index contributed by atoms with van der Waals surface area (Å²) in [6.45, 7) is -0.466. The number of ether oxygens (including phenoxy) is 1. The Bertz CT molecular complexity index is 2410. The van der Waals surface area contributed by atoms with Gasteiger partial charge in [-0.1, -0.05) is 72.8 Å². The number of aromatic nitrogens is 1. The number of aliphatic hydroxyl groups excluding tert-OH is 1. The number of thioether (sulfide) groups is 1. The zero-order valence-corrected chi connectivity index (χ0v) is 32.3. The van der Waals surface area contributed by atoms with E-state index in [4.69, 9.17) is 4.74 Å². The van der Waals surface area contributed by atoms with E-state index in [1.165, 1.54) is 60.3 Å². The van der Waals surface area contributed by atoms with Crippen molar-refractivity contribution in [2.24, 2.45) is 0 Å². The fourth-order valence-electron chi connectivity index (χ4n) is 7.01. The molecule has 5 N–H and O–H groups in total. The van der Waals surface area contributed by atoms with Crippen molar-refractivity contribution in [3.63, 3.8) is 0 Å². The second-order valence-electron chi connectivity index (χ2n) is 14.1. The number of carboxylic acid groups (broad SMARTS) is 1. The summed E-state index contributed by atoms with van der Waals surface area (Å²) in [6, 6.07) is 31.4. The minimum Gasteiger partial charge on any atom is -0.484 e. The van der Waals surface area contributed by atoms with E-state index in [0.29, 0.717) is 17.0 Å². The van der Waals surface area contributed by atoms with Crippen LogP contribution >= 0.6 is 11.8 Å². The standard InChI is InChI=1S/C45H40F2N4O7S/c46-31-14-10-28(11-15-31)39(52)26-59-42-41(51(44(42)55)33-18-16-32(47)17-19-33)29-12-20-34(21-13-29)58-25-40(53)49-37(23-30-24-48-36-9-5-4-8-35(30)36)43(54)50-38(45(56)57)22-27-6-2-1-3-7-27/h1-21,24,37-39,41-42,48,52H,22-23,25-26H2,(H,49,53)(H,50,54)(H,56,57)/t37-,38+,39?,41+,42+/m0/s1. The Labute approximate surface area is 342 Å². The zero-order chi connectivity index (χ0) is 41.5. The van der Waals surface area contributed by atoms with Gasteiger partial charge in [-0.15, -0.1) is 11.8 Å². The van der Waals surface area contributed by atoms with Crippen LogP contribution in [0.3, 0.4) is 0 Å². The normalized spacial score (nSPS) is 16.5. The molecular formula is C45H40F2N4O7S. The number of amides is 3. The lowest BCUT2D eigenvalue weighted by molar-refractivity contribution is -0.142. The summed E-state index contributed by atoms with van der Waals surface area (Å²) in [5.41, 5.74) is 4.04. The first-order valence-corrected chi connectivity index (χ1v) is 19.9. The minimum atomic E-state index is -1.25. The lowest BCUT2D eigenvalue weighted by Gasteiger charge is -2.47. The number of hydrogen-bond donors (Lipinski definition) is 5. The predicted octanol–water partition coefficient (Wildman–Crippen LogP) is 6.29. The highest BCUT2D eigenvalue weighted by atomic mass is 32.2. The molecule has 1 fully saturated rings. The number of H-pyrrole nitrogens is 1. The minimum absolute atomic E-state index is 0.0445. The monoisotopic (exact) mass is 818 g/mol. The number of halogens is 2. The van der Waals surface area contributed by atoms with Gasteiger partial charge in [-0.25, -0.2) is 13.6 Å². The molecular weight excluding hydrogens is 779 g/mol. The van der Waals surface area contributed by atoms with E-state index < -0.39 is 65.5 Å². The van der Waals surface area contributed by atoms with Crippen molar-refractivity contribution >= 4 is 52.0 Å². The number of carboxylic acids is 1. The second kappa shape index (κ2) is 18.4. The van der Waals surface area contributed by atoms with Crippen LogP contribution in [0.2, 0.25) is 0 Å². The highest BCUT2D eigenvalue weighted by molar-refractivity contribution is 8.00. The third-order valence-electron chi connectivity index (χ3n) is 10.1. The summed E-state index contributed by atoms with van der Waals surface area (Å²) in [6.07, 6.45) is 0.913. The maximum atomic E-state index is 13.8. The van der Waals surface area contributed by atoms with Gasteiger partial charge < -0.3 is 35.5 Å². The number of aromatic amines is 1. The van der Waals surface area contributed by atoms with Gasteiger partial charge in [0, 0.05) is 41.4 Å². The maximum Gasteiger partial charge on any atom is 0.326 e. The Morgan fingerprint density at radius 2 is 1.46 bits per heavy atom. The molecule has 302 valence electrons. The van der Waals surface area contributed by atoms with Gasteiger partial charge in [-0.3, -0.25) is 14.4 Å². The van der Waals surface area contributed by atoms with E-state index >= 15 is 0 Å². The first-order chi connectivity index (χ1) is 28.5. The number of fused-ring (bicyclic) bond motifs is 1. The first-order valence-electron chi connectivity index (χ1n) is 18.8. The molecule has 5 aromatic carbocycles. The summed E-state index contributed by atoms with van der Waals surface area (Å²) in [7, 11) is 0. The molecule has 0 bridgehead atoms. The third kappa shape index (κ3) is 9.79. The van der Waals surface area contributed by atoms with Crippen molar-refractivity contribution in [2.75, 3.05) is 17.3 Å². The summed E-state index contributed by atoms with van der Waals surface area (Å²) in [5, 5.41) is 26.3. The Kier molecular flexibility index (Phi) is 12.7. The van der Waals surface area contributed by atoms with Crippen LogP contribution in [0.15, 0.2) is 134 Å². The van der Waals surface area contributed by atoms with E-state index in [1.807, 2.05) is 30.3 Å². The molecule has 5 atom stereocenters. The fourth-order valence-corrected chi connectivity index (χ4v) is 8.31. The number of hydrogen-bond acceptors (Lipinski definition) is 7. The number of aliphatic hydroxyl groups is 1. The summed E-state index contributed by atoms with van der Waals surface area (Å²) < 4.78 is 33.1. The van der Waals surface area contributed by atoms with Crippen molar-refractivity contribution in [3.8, 4) is 5.75 Å². The molecule has 1 aliphatic heterocycles. The molecule has 2 heterocycles.